The summed E-state index contributed by atoms with van der Waals surface area (Å²) in [4.78, 5) is 49.7. The van der Waals surface area contributed by atoms with E-state index in [9.17, 15) is 24.8 Å². The number of amidine groups is 1. The molecular weight excluding hydrogens is 640 g/mol. The number of hydrogen-bond acceptors (Lipinski definition) is 9. The summed E-state index contributed by atoms with van der Waals surface area (Å²) in [6, 6.07) is 14.1. The quantitative estimate of drug-likeness (QED) is 0.125. The van der Waals surface area contributed by atoms with Crippen molar-refractivity contribution in [1.82, 2.24) is 20.5 Å². The number of nitriles is 1. The van der Waals surface area contributed by atoms with Crippen LogP contribution in [0.4, 0.5) is 4.79 Å². The third kappa shape index (κ3) is 9.40. The van der Waals surface area contributed by atoms with E-state index in [1.54, 1.807) is 47.9 Å². The number of carbonyl (C=O) groups excluding carboxylic acids is 2. The second kappa shape index (κ2) is 16.3. The third-order valence-electron chi connectivity index (χ3n) is 8.18. The Bertz CT molecular complexity index is 1750. The van der Waals surface area contributed by atoms with Gasteiger partial charge < -0.3 is 34.9 Å². The summed E-state index contributed by atoms with van der Waals surface area (Å²) in [5.41, 5.74) is 1.39. The second-order valence-electron chi connectivity index (χ2n) is 13.5. The molecule has 4 atom stereocenters. The van der Waals surface area contributed by atoms with Crippen LogP contribution < -0.4 is 20.1 Å². The summed E-state index contributed by atoms with van der Waals surface area (Å²) in [6.45, 7) is 10.7. The van der Waals surface area contributed by atoms with E-state index in [1.165, 1.54) is 4.90 Å². The standard InChI is InChI=1S/C37H46N6O7/c1-8-12-27(35(45)46)41-33(39-21-38)30-18-25(20-43(30)34(44)32(22(2)3)42-36(47)50-37(4,5)6)49-31-19-28(23-13-10-9-11-14-23)40-29-17-24(48-7)15-16-26(29)31/h9-11,13-17,19,22,25,27,30,32H,8,12,18,20H2,1-7H3,(H,39,41)(H,42,47)(H,45,46)/t25-,27+,30+,32+/m1/s1. The van der Waals surface area contributed by atoms with Crippen molar-refractivity contribution in [3.63, 3.8) is 0 Å². The minimum Gasteiger partial charge on any atom is -0.497 e. The fourth-order valence-corrected chi connectivity index (χ4v) is 5.83. The number of hydrogen-bond donors (Lipinski definition) is 3. The zero-order chi connectivity index (χ0) is 36.6. The van der Waals surface area contributed by atoms with Crippen LogP contribution in [0.15, 0.2) is 59.6 Å². The molecule has 1 aliphatic heterocycles. The summed E-state index contributed by atoms with van der Waals surface area (Å²) in [5.74, 6) is -0.741. The molecule has 2 amide bonds. The van der Waals surface area contributed by atoms with Gasteiger partial charge in [-0.15, -0.1) is 0 Å². The molecule has 3 aromatic rings. The molecule has 13 nitrogen and oxygen atoms in total. The Labute approximate surface area is 292 Å². The van der Waals surface area contributed by atoms with Crippen molar-refractivity contribution in [3.8, 4) is 28.9 Å². The molecular formula is C37H46N6O7. The van der Waals surface area contributed by atoms with Crippen LogP contribution >= 0.6 is 0 Å². The highest BCUT2D eigenvalue weighted by Gasteiger charge is 2.44. The number of likely N-dealkylation sites (tertiary alicyclic amines) is 1. The molecule has 0 radical (unpaired) electrons. The smallest absolute Gasteiger partial charge is 0.408 e. The average Bonchev–Trinajstić information content (AvgIpc) is 3.49. The number of pyridine rings is 1. The molecule has 0 spiro atoms. The van der Waals surface area contributed by atoms with E-state index in [1.807, 2.05) is 61.5 Å². The van der Waals surface area contributed by atoms with Gasteiger partial charge in [0, 0.05) is 29.5 Å². The van der Waals surface area contributed by atoms with Gasteiger partial charge in [-0.25, -0.2) is 14.6 Å². The van der Waals surface area contributed by atoms with Crippen LogP contribution in [0.2, 0.25) is 0 Å². The largest absolute Gasteiger partial charge is 0.497 e. The normalized spacial score (nSPS) is 17.5. The van der Waals surface area contributed by atoms with Crippen LogP contribution in [0.5, 0.6) is 11.5 Å². The van der Waals surface area contributed by atoms with Gasteiger partial charge in [0.25, 0.3) is 0 Å². The summed E-state index contributed by atoms with van der Waals surface area (Å²) < 4.78 is 17.6. The van der Waals surface area contributed by atoms with Gasteiger partial charge in [-0.05, 0) is 45.2 Å². The van der Waals surface area contributed by atoms with Crippen LogP contribution in [-0.2, 0) is 14.3 Å². The highest BCUT2D eigenvalue weighted by atomic mass is 16.6. The molecule has 1 fully saturated rings. The zero-order valence-corrected chi connectivity index (χ0v) is 29.6. The number of carboxylic acids is 1. The van der Waals surface area contributed by atoms with Gasteiger partial charge in [-0.2, -0.15) is 10.3 Å². The summed E-state index contributed by atoms with van der Waals surface area (Å²) >= 11 is 0. The summed E-state index contributed by atoms with van der Waals surface area (Å²) in [6.07, 6.45) is 1.40. The Balaban J connectivity index is 1.76. The Morgan fingerprint density at radius 2 is 1.84 bits per heavy atom. The van der Waals surface area contributed by atoms with Crippen molar-refractivity contribution in [2.75, 3.05) is 13.7 Å². The van der Waals surface area contributed by atoms with E-state index in [2.05, 4.69) is 15.6 Å². The number of amides is 2. The maximum atomic E-state index is 14.4. The van der Waals surface area contributed by atoms with Gasteiger partial charge in [0.05, 0.1) is 30.9 Å². The van der Waals surface area contributed by atoms with E-state index in [-0.39, 0.29) is 31.1 Å². The number of methoxy groups -OCH3 is 1. The van der Waals surface area contributed by atoms with Crippen molar-refractivity contribution in [2.24, 2.45) is 10.9 Å². The maximum Gasteiger partial charge on any atom is 0.408 e. The maximum absolute atomic E-state index is 14.4. The van der Waals surface area contributed by atoms with Gasteiger partial charge in [-0.1, -0.05) is 57.5 Å². The number of aromatic nitrogens is 1. The molecule has 13 heteroatoms. The van der Waals surface area contributed by atoms with Gasteiger partial charge >= 0.3 is 12.1 Å². The molecule has 0 unspecified atom stereocenters. The number of fused-ring (bicyclic) bond motifs is 1. The molecule has 266 valence electrons. The van der Waals surface area contributed by atoms with Crippen LogP contribution in [0.3, 0.4) is 0 Å². The minimum absolute atomic E-state index is 0.0295. The average molecular weight is 687 g/mol. The molecule has 50 heavy (non-hydrogen) atoms. The highest BCUT2D eigenvalue weighted by Crippen LogP contribution is 2.35. The Morgan fingerprint density at radius 3 is 2.44 bits per heavy atom. The lowest BCUT2D eigenvalue weighted by atomic mass is 10.0. The number of aliphatic imine (C=N–C) groups is 1. The van der Waals surface area contributed by atoms with Gasteiger partial charge in [0.2, 0.25) is 12.1 Å². The Morgan fingerprint density at radius 1 is 1.12 bits per heavy atom. The number of alkyl carbamates (subject to hydrolysis) is 1. The SMILES string of the molecule is CCC[C@H](NC(=NC#N)[C@@H]1C[C@@H](Oc2cc(-c3ccccc3)nc3cc(OC)ccc23)CN1C(=O)[C@@H](NC(=O)OC(C)(C)C)C(C)C)C(=O)O. The number of carboxylic acid groups (broad SMARTS) is 1. The number of carbonyl (C=O) groups is 3. The van der Waals surface area contributed by atoms with Gasteiger partial charge in [0.1, 0.15) is 41.1 Å². The summed E-state index contributed by atoms with van der Waals surface area (Å²) in [5, 5.41) is 25.9. The predicted octanol–water partition coefficient (Wildman–Crippen LogP) is 5.53. The number of benzene rings is 2. The molecule has 0 bridgehead atoms. The number of rotatable bonds is 12. The Kier molecular flexibility index (Phi) is 12.2. The van der Waals surface area contributed by atoms with Crippen molar-refractivity contribution in [2.45, 2.75) is 90.6 Å². The fourth-order valence-electron chi connectivity index (χ4n) is 5.83. The number of ether oxygens (including phenoxy) is 3. The molecule has 1 saturated heterocycles. The monoisotopic (exact) mass is 686 g/mol. The fraction of sp³-hybridized carbons (Fsp3) is 0.459. The van der Waals surface area contributed by atoms with Crippen LogP contribution in [0.25, 0.3) is 22.2 Å². The molecule has 0 saturated carbocycles. The van der Waals surface area contributed by atoms with Crippen LogP contribution in [0, 0.1) is 17.4 Å². The number of nitrogens with one attached hydrogen (secondary N) is 2. The van der Waals surface area contributed by atoms with Gasteiger partial charge in [-0.3, -0.25) is 4.79 Å². The lowest BCUT2D eigenvalue weighted by molar-refractivity contribution is -0.139. The summed E-state index contributed by atoms with van der Waals surface area (Å²) in [7, 11) is 1.58. The number of nitrogens with zero attached hydrogens (tertiary/aromatic N) is 4. The Hall–Kier alpha value is -5.38. The first kappa shape index (κ1) is 37.4. The molecule has 3 N–H and O–H groups in total. The van der Waals surface area contributed by atoms with E-state index in [0.29, 0.717) is 29.1 Å². The van der Waals surface area contributed by atoms with E-state index < -0.39 is 47.8 Å². The topological polar surface area (TPSA) is 175 Å². The lowest BCUT2D eigenvalue weighted by Crippen LogP contribution is -2.57. The van der Waals surface area contributed by atoms with Crippen LogP contribution in [0.1, 0.15) is 60.8 Å². The van der Waals surface area contributed by atoms with E-state index in [0.717, 1.165) is 10.9 Å². The molecule has 1 aliphatic rings. The molecule has 4 rings (SSSR count). The van der Waals surface area contributed by atoms with Gasteiger partial charge in [0.15, 0.2) is 0 Å². The lowest BCUT2D eigenvalue weighted by Gasteiger charge is -2.32. The highest BCUT2D eigenvalue weighted by molar-refractivity contribution is 5.97. The first-order chi connectivity index (χ1) is 23.7. The van der Waals surface area contributed by atoms with Crippen molar-refractivity contribution in [3.05, 3.63) is 54.6 Å². The molecule has 1 aromatic heterocycles. The van der Waals surface area contributed by atoms with E-state index >= 15 is 0 Å². The molecule has 2 aromatic carbocycles. The molecule has 2 heterocycles. The van der Waals surface area contributed by atoms with Crippen molar-refractivity contribution < 1.29 is 33.7 Å². The van der Waals surface area contributed by atoms with Crippen molar-refractivity contribution >= 4 is 34.7 Å². The van der Waals surface area contributed by atoms with Crippen molar-refractivity contribution in [1.29, 1.82) is 5.26 Å². The first-order valence-electron chi connectivity index (χ1n) is 16.7. The first-order valence-corrected chi connectivity index (χ1v) is 16.7. The zero-order valence-electron chi connectivity index (χ0n) is 29.6. The minimum atomic E-state index is -1.11. The van der Waals surface area contributed by atoms with Crippen LogP contribution in [-0.4, -0.2) is 82.3 Å². The predicted molar refractivity (Wildman–Crippen MR) is 189 cm³/mol. The second-order valence-corrected chi connectivity index (χ2v) is 13.5. The third-order valence-corrected chi connectivity index (χ3v) is 8.18. The number of aliphatic carboxylic acids is 1. The van der Waals surface area contributed by atoms with E-state index in [4.69, 9.17) is 19.2 Å². The molecule has 0 aliphatic carbocycles.